The number of para-hydroxylation sites is 1. The Morgan fingerprint density at radius 1 is 0.925 bits per heavy atom. The molecule has 1 aromatic heterocycles. The van der Waals surface area contributed by atoms with Crippen molar-refractivity contribution < 1.29 is 41.4 Å². The highest BCUT2D eigenvalue weighted by Gasteiger charge is 2.34. The summed E-state index contributed by atoms with van der Waals surface area (Å²) in [5.41, 5.74) is -0.515. The fourth-order valence-corrected chi connectivity index (χ4v) is 3.93. The molecule has 12 heteroatoms. The fourth-order valence-electron chi connectivity index (χ4n) is 3.93. The van der Waals surface area contributed by atoms with E-state index in [9.17, 15) is 22.8 Å². The molecule has 3 aromatic rings. The van der Waals surface area contributed by atoms with Gasteiger partial charge in [-0.3, -0.25) is 4.79 Å². The molecule has 0 bridgehead atoms. The van der Waals surface area contributed by atoms with Crippen LogP contribution in [0.3, 0.4) is 0 Å². The summed E-state index contributed by atoms with van der Waals surface area (Å²) in [6, 6.07) is 12.6. The highest BCUT2D eigenvalue weighted by molar-refractivity contribution is 5.93. The zero-order chi connectivity index (χ0) is 29.1. The van der Waals surface area contributed by atoms with E-state index in [1.54, 1.807) is 18.2 Å². The predicted octanol–water partition coefficient (Wildman–Crippen LogP) is 5.07. The number of hydrogen-bond acceptors (Lipinski definition) is 6. The number of hydrogen-bond donors (Lipinski definition) is 1. The van der Waals surface area contributed by atoms with Gasteiger partial charge in [0.15, 0.2) is 11.5 Å². The van der Waals surface area contributed by atoms with Crippen LogP contribution in [0.1, 0.15) is 16.9 Å². The van der Waals surface area contributed by atoms with Crippen LogP contribution in [0.4, 0.5) is 23.7 Å². The second-order valence-electron chi connectivity index (χ2n) is 8.72. The van der Waals surface area contributed by atoms with Crippen molar-refractivity contribution in [1.82, 2.24) is 9.80 Å². The Bertz CT molecular complexity index is 1250. The third-order valence-corrected chi connectivity index (χ3v) is 6.05. The molecule has 9 nitrogen and oxygen atoms in total. The highest BCUT2D eigenvalue weighted by Crippen LogP contribution is 2.34. The summed E-state index contributed by atoms with van der Waals surface area (Å²) in [6.45, 7) is 0.0649. The molecule has 1 heterocycles. The summed E-state index contributed by atoms with van der Waals surface area (Å²) in [5, 5.41) is 2.29. The molecule has 2 aromatic carbocycles. The Labute approximate surface area is 230 Å². The van der Waals surface area contributed by atoms with Gasteiger partial charge in [-0.25, -0.2) is 4.79 Å². The van der Waals surface area contributed by atoms with E-state index in [2.05, 4.69) is 5.32 Å². The van der Waals surface area contributed by atoms with Gasteiger partial charge in [0, 0.05) is 20.2 Å². The van der Waals surface area contributed by atoms with Crippen molar-refractivity contribution in [3.8, 4) is 11.5 Å². The molecule has 0 saturated heterocycles. The lowest BCUT2D eigenvalue weighted by Gasteiger charge is -2.28. The average molecular weight is 564 g/mol. The number of methoxy groups -OCH3 is 3. The average Bonchev–Trinajstić information content (AvgIpc) is 3.45. The number of benzene rings is 2. The Balaban J connectivity index is 1.77. The number of urea groups is 1. The van der Waals surface area contributed by atoms with Crippen molar-refractivity contribution >= 4 is 17.6 Å². The van der Waals surface area contributed by atoms with E-state index in [1.165, 1.54) is 44.6 Å². The molecule has 216 valence electrons. The maximum Gasteiger partial charge on any atom is 0.418 e. The summed E-state index contributed by atoms with van der Waals surface area (Å²) in [5.74, 6) is 1.23. The number of nitrogens with zero attached hydrogens (tertiary/aromatic N) is 2. The van der Waals surface area contributed by atoms with Crippen LogP contribution in [0, 0.1) is 0 Å². The largest absolute Gasteiger partial charge is 0.493 e. The third-order valence-electron chi connectivity index (χ3n) is 6.05. The minimum Gasteiger partial charge on any atom is -0.493 e. The first-order valence-corrected chi connectivity index (χ1v) is 12.4. The number of rotatable bonds is 13. The predicted molar refractivity (Wildman–Crippen MR) is 141 cm³/mol. The second-order valence-corrected chi connectivity index (χ2v) is 8.72. The van der Waals surface area contributed by atoms with Gasteiger partial charge in [0.2, 0.25) is 5.91 Å². The van der Waals surface area contributed by atoms with Crippen molar-refractivity contribution in [2.45, 2.75) is 19.1 Å². The number of alkyl halides is 3. The molecule has 0 fully saturated rings. The van der Waals surface area contributed by atoms with Gasteiger partial charge < -0.3 is 33.7 Å². The van der Waals surface area contributed by atoms with Crippen molar-refractivity contribution in [3.63, 3.8) is 0 Å². The number of carbonyl (C=O) groups excluding carboxylic acids is 2. The van der Waals surface area contributed by atoms with Crippen LogP contribution in [-0.4, -0.2) is 69.3 Å². The smallest absolute Gasteiger partial charge is 0.418 e. The minimum atomic E-state index is -4.67. The zero-order valence-electron chi connectivity index (χ0n) is 22.5. The first-order chi connectivity index (χ1) is 19.2. The minimum absolute atomic E-state index is 0.0213. The van der Waals surface area contributed by atoms with Crippen molar-refractivity contribution in [2.24, 2.45) is 0 Å². The summed E-state index contributed by atoms with van der Waals surface area (Å²) in [6.07, 6.45) is -2.72. The number of furan rings is 1. The Hall–Kier alpha value is -4.19. The van der Waals surface area contributed by atoms with E-state index in [4.69, 9.17) is 18.6 Å². The lowest BCUT2D eigenvalue weighted by Crippen LogP contribution is -2.46. The monoisotopic (exact) mass is 563 g/mol. The zero-order valence-corrected chi connectivity index (χ0v) is 22.5. The molecule has 0 atom stereocenters. The number of anilines is 1. The van der Waals surface area contributed by atoms with Gasteiger partial charge >= 0.3 is 12.2 Å². The van der Waals surface area contributed by atoms with Crippen LogP contribution in [0.15, 0.2) is 65.3 Å². The first-order valence-electron chi connectivity index (χ1n) is 12.4. The maximum absolute atomic E-state index is 13.5. The van der Waals surface area contributed by atoms with Gasteiger partial charge in [-0.2, -0.15) is 13.2 Å². The fraction of sp³-hybridized carbons (Fsp3) is 0.357. The number of carbonyl (C=O) groups is 2. The van der Waals surface area contributed by atoms with Crippen molar-refractivity contribution in [2.75, 3.05) is 52.9 Å². The summed E-state index contributed by atoms with van der Waals surface area (Å²) in [4.78, 5) is 29.2. The van der Waals surface area contributed by atoms with Crippen LogP contribution in [0.5, 0.6) is 11.5 Å². The van der Waals surface area contributed by atoms with Gasteiger partial charge in [0.05, 0.1) is 44.9 Å². The lowest BCUT2D eigenvalue weighted by atomic mass is 10.1. The van der Waals surface area contributed by atoms with Crippen LogP contribution in [0.2, 0.25) is 0 Å². The normalized spacial score (nSPS) is 11.2. The molecule has 0 spiro atoms. The SMILES string of the molecule is COCCN(CC(=O)N(CCc1ccc(OC)c(OC)c1)Cc1ccco1)C(=O)Nc1ccccc1C(F)(F)F. The Kier molecular flexibility index (Phi) is 10.8. The molecule has 3 amide bonds. The van der Waals surface area contributed by atoms with E-state index < -0.39 is 35.9 Å². The van der Waals surface area contributed by atoms with E-state index >= 15 is 0 Å². The molecule has 0 aliphatic rings. The van der Waals surface area contributed by atoms with Gasteiger partial charge in [-0.15, -0.1) is 0 Å². The summed E-state index contributed by atoms with van der Waals surface area (Å²) < 4.78 is 61.4. The summed E-state index contributed by atoms with van der Waals surface area (Å²) in [7, 11) is 4.48. The van der Waals surface area contributed by atoms with Gasteiger partial charge in [-0.1, -0.05) is 18.2 Å². The number of amides is 3. The van der Waals surface area contributed by atoms with Crippen molar-refractivity contribution in [3.05, 3.63) is 77.7 Å². The lowest BCUT2D eigenvalue weighted by molar-refractivity contribution is -0.137. The van der Waals surface area contributed by atoms with Gasteiger partial charge in [-0.05, 0) is 48.4 Å². The topological polar surface area (TPSA) is 93.5 Å². The van der Waals surface area contributed by atoms with Gasteiger partial charge in [0.25, 0.3) is 0 Å². The first kappa shape index (κ1) is 30.4. The van der Waals surface area contributed by atoms with Crippen LogP contribution < -0.4 is 14.8 Å². The maximum atomic E-state index is 13.5. The molecule has 0 saturated carbocycles. The second kappa shape index (κ2) is 14.3. The third kappa shape index (κ3) is 8.40. The molecule has 40 heavy (non-hydrogen) atoms. The number of halogens is 3. The number of nitrogens with one attached hydrogen (secondary N) is 1. The Morgan fingerprint density at radius 2 is 1.68 bits per heavy atom. The van der Waals surface area contributed by atoms with Gasteiger partial charge in [0.1, 0.15) is 12.3 Å². The molecule has 0 aliphatic carbocycles. The van der Waals surface area contributed by atoms with Crippen molar-refractivity contribution in [1.29, 1.82) is 0 Å². The summed E-state index contributed by atoms with van der Waals surface area (Å²) >= 11 is 0. The quantitative estimate of drug-likeness (QED) is 0.312. The molecule has 0 radical (unpaired) electrons. The number of ether oxygens (including phenoxy) is 3. The van der Waals surface area contributed by atoms with Crippen LogP contribution in [0.25, 0.3) is 0 Å². The molecule has 1 N–H and O–H groups in total. The molecule has 0 aliphatic heterocycles. The molecule has 3 rings (SSSR count). The highest BCUT2D eigenvalue weighted by atomic mass is 19.4. The van der Waals surface area contributed by atoms with E-state index in [1.807, 2.05) is 12.1 Å². The standard InChI is InChI=1S/C28H32F3N3O6/c1-37-16-14-34(27(36)32-23-9-5-4-8-22(23)28(29,30)31)19-26(35)33(18-21-7-6-15-40-21)13-12-20-10-11-24(38-2)25(17-20)39-3/h4-11,15,17H,12-14,16,18-19H2,1-3H3,(H,32,36). The Morgan fingerprint density at radius 3 is 2.33 bits per heavy atom. The van der Waals surface area contributed by atoms with Crippen LogP contribution >= 0.6 is 0 Å². The van der Waals surface area contributed by atoms with E-state index in [0.717, 1.165) is 22.6 Å². The molecular weight excluding hydrogens is 531 g/mol. The molecular formula is C28H32F3N3O6. The van der Waals surface area contributed by atoms with E-state index in [0.29, 0.717) is 23.7 Å². The van der Waals surface area contributed by atoms with E-state index in [-0.39, 0.29) is 26.2 Å². The molecule has 0 unspecified atom stereocenters. The van der Waals surface area contributed by atoms with Crippen LogP contribution in [-0.2, 0) is 28.7 Å².